The van der Waals surface area contributed by atoms with Gasteiger partial charge in [-0.1, -0.05) is 12.1 Å². The molecule has 3 aromatic rings. The van der Waals surface area contributed by atoms with E-state index in [1.54, 1.807) is 28.6 Å². The van der Waals surface area contributed by atoms with Crippen molar-refractivity contribution in [1.82, 2.24) is 19.4 Å². The number of amides is 1. The molecule has 1 aliphatic rings. The van der Waals surface area contributed by atoms with Crippen molar-refractivity contribution in [2.75, 3.05) is 13.2 Å². The first-order valence-corrected chi connectivity index (χ1v) is 9.81. The fraction of sp³-hybridized carbons (Fsp3) is 0.368. The molecule has 0 bridgehead atoms. The number of benzene rings is 1. The van der Waals surface area contributed by atoms with Crippen LogP contribution in [0.5, 0.6) is 0 Å². The highest BCUT2D eigenvalue weighted by molar-refractivity contribution is 7.11. The SMILES string of the molecule is Cc1ncsc1C(=O)N1CCCC1c1nc2ccccc2c(=O)n1CCO. The van der Waals surface area contributed by atoms with Gasteiger partial charge in [0.1, 0.15) is 10.7 Å². The van der Waals surface area contributed by atoms with Crippen LogP contribution in [-0.2, 0) is 6.54 Å². The molecule has 4 rings (SSSR count). The molecule has 2 aromatic heterocycles. The highest BCUT2D eigenvalue weighted by Crippen LogP contribution is 2.33. The van der Waals surface area contributed by atoms with Gasteiger partial charge in [-0.25, -0.2) is 9.97 Å². The van der Waals surface area contributed by atoms with E-state index in [-0.39, 0.29) is 30.7 Å². The molecule has 0 aliphatic carbocycles. The Morgan fingerprint density at radius 1 is 1.37 bits per heavy atom. The standard InChI is InChI=1S/C19H20N4O3S/c1-12-16(27-11-20-12)19(26)22-8-4-7-15(22)17-21-14-6-3-2-5-13(14)18(25)23(17)9-10-24/h2-3,5-6,11,15,24H,4,7-10H2,1H3. The van der Waals surface area contributed by atoms with Crippen LogP contribution in [-0.4, -0.2) is 43.6 Å². The van der Waals surface area contributed by atoms with Gasteiger partial charge < -0.3 is 10.0 Å². The molecule has 140 valence electrons. The monoisotopic (exact) mass is 384 g/mol. The summed E-state index contributed by atoms with van der Waals surface area (Å²) in [5.41, 5.74) is 2.82. The van der Waals surface area contributed by atoms with Crippen LogP contribution in [0.1, 0.15) is 40.1 Å². The molecule has 27 heavy (non-hydrogen) atoms. The Balaban J connectivity index is 1.82. The maximum Gasteiger partial charge on any atom is 0.266 e. The van der Waals surface area contributed by atoms with E-state index in [1.807, 2.05) is 13.0 Å². The summed E-state index contributed by atoms with van der Waals surface area (Å²) in [6, 6.07) is 6.89. The fourth-order valence-electron chi connectivity index (χ4n) is 3.67. The number of carbonyl (C=O) groups is 1. The van der Waals surface area contributed by atoms with Gasteiger partial charge >= 0.3 is 0 Å². The first-order valence-electron chi connectivity index (χ1n) is 8.93. The van der Waals surface area contributed by atoms with Gasteiger partial charge in [-0.05, 0) is 31.9 Å². The van der Waals surface area contributed by atoms with Gasteiger partial charge in [-0.3, -0.25) is 14.2 Å². The lowest BCUT2D eigenvalue weighted by Crippen LogP contribution is -2.36. The number of aromatic nitrogens is 3. The van der Waals surface area contributed by atoms with Crippen LogP contribution in [0.4, 0.5) is 0 Å². The molecule has 1 amide bonds. The van der Waals surface area contributed by atoms with Crippen molar-refractivity contribution < 1.29 is 9.90 Å². The lowest BCUT2D eigenvalue weighted by molar-refractivity contribution is 0.0730. The first-order chi connectivity index (χ1) is 13.1. The van der Waals surface area contributed by atoms with Crippen molar-refractivity contribution in [2.45, 2.75) is 32.4 Å². The van der Waals surface area contributed by atoms with Gasteiger partial charge in [-0.2, -0.15) is 0 Å². The molecule has 1 aliphatic heterocycles. The smallest absolute Gasteiger partial charge is 0.266 e. The predicted molar refractivity (Wildman–Crippen MR) is 103 cm³/mol. The maximum atomic E-state index is 13.1. The first kappa shape index (κ1) is 17.8. The minimum absolute atomic E-state index is 0.0737. The Bertz CT molecular complexity index is 1060. The number of aryl methyl sites for hydroxylation is 1. The van der Waals surface area contributed by atoms with Crippen LogP contribution in [0.3, 0.4) is 0 Å². The maximum absolute atomic E-state index is 13.1. The zero-order valence-corrected chi connectivity index (χ0v) is 15.8. The summed E-state index contributed by atoms with van der Waals surface area (Å²) in [7, 11) is 0. The van der Waals surface area contributed by atoms with E-state index in [9.17, 15) is 14.7 Å². The molecule has 1 unspecified atom stereocenters. The number of hydrogen-bond donors (Lipinski definition) is 1. The van der Waals surface area contributed by atoms with Crippen LogP contribution in [0.25, 0.3) is 10.9 Å². The second-order valence-corrected chi connectivity index (χ2v) is 7.45. The minimum Gasteiger partial charge on any atom is -0.395 e. The summed E-state index contributed by atoms with van der Waals surface area (Å²) in [5.74, 6) is 0.469. The third kappa shape index (κ3) is 3.04. The van der Waals surface area contributed by atoms with E-state index in [1.165, 1.54) is 15.9 Å². The van der Waals surface area contributed by atoms with Crippen molar-refractivity contribution in [3.63, 3.8) is 0 Å². The van der Waals surface area contributed by atoms with Crippen LogP contribution in [0.15, 0.2) is 34.6 Å². The van der Waals surface area contributed by atoms with E-state index >= 15 is 0 Å². The fourth-order valence-corrected chi connectivity index (χ4v) is 4.43. The number of nitrogens with zero attached hydrogens (tertiary/aromatic N) is 4. The number of aliphatic hydroxyl groups excluding tert-OH is 1. The van der Waals surface area contributed by atoms with Crippen LogP contribution >= 0.6 is 11.3 Å². The van der Waals surface area contributed by atoms with E-state index in [0.29, 0.717) is 28.1 Å². The lowest BCUT2D eigenvalue weighted by Gasteiger charge is -2.26. The number of fused-ring (bicyclic) bond motifs is 1. The molecule has 1 aromatic carbocycles. The summed E-state index contributed by atoms with van der Waals surface area (Å²) >= 11 is 1.33. The lowest BCUT2D eigenvalue weighted by atomic mass is 10.1. The van der Waals surface area contributed by atoms with Crippen molar-refractivity contribution in [2.24, 2.45) is 0 Å². The summed E-state index contributed by atoms with van der Waals surface area (Å²) in [6.45, 7) is 2.43. The summed E-state index contributed by atoms with van der Waals surface area (Å²) < 4.78 is 1.51. The molecule has 7 nitrogen and oxygen atoms in total. The third-order valence-electron chi connectivity index (χ3n) is 4.97. The number of aliphatic hydroxyl groups is 1. The molecule has 0 spiro atoms. The Labute approximate surface area is 159 Å². The van der Waals surface area contributed by atoms with Crippen molar-refractivity contribution in [1.29, 1.82) is 0 Å². The van der Waals surface area contributed by atoms with Crippen molar-refractivity contribution >= 4 is 28.1 Å². The molecule has 1 saturated heterocycles. The quantitative estimate of drug-likeness (QED) is 0.744. The number of thiazole rings is 1. The highest BCUT2D eigenvalue weighted by Gasteiger charge is 2.35. The minimum atomic E-state index is -0.289. The van der Waals surface area contributed by atoms with Gasteiger partial charge in [0, 0.05) is 6.54 Å². The zero-order valence-electron chi connectivity index (χ0n) is 15.0. The van der Waals surface area contributed by atoms with E-state index in [4.69, 9.17) is 4.98 Å². The molecule has 3 heterocycles. The second-order valence-electron chi connectivity index (χ2n) is 6.59. The van der Waals surface area contributed by atoms with Crippen LogP contribution in [0.2, 0.25) is 0 Å². The molecule has 1 fully saturated rings. The Hall–Kier alpha value is -2.58. The average Bonchev–Trinajstić information content (AvgIpc) is 3.32. The van der Waals surface area contributed by atoms with Crippen LogP contribution in [0, 0.1) is 6.92 Å². The van der Waals surface area contributed by atoms with E-state index < -0.39 is 0 Å². The number of likely N-dealkylation sites (tertiary alicyclic amines) is 1. The number of carbonyl (C=O) groups excluding carboxylic acids is 1. The Morgan fingerprint density at radius 3 is 2.93 bits per heavy atom. The van der Waals surface area contributed by atoms with Gasteiger partial charge in [0.15, 0.2) is 0 Å². The number of hydrogen-bond acceptors (Lipinski definition) is 6. The molecular weight excluding hydrogens is 364 g/mol. The van der Waals surface area contributed by atoms with E-state index in [0.717, 1.165) is 18.5 Å². The molecule has 1 atom stereocenters. The van der Waals surface area contributed by atoms with Gasteiger partial charge in [0.2, 0.25) is 0 Å². The third-order valence-corrected chi connectivity index (χ3v) is 5.88. The van der Waals surface area contributed by atoms with Gasteiger partial charge in [0.05, 0.1) is 41.3 Å². The average molecular weight is 384 g/mol. The molecular formula is C19H20N4O3S. The summed E-state index contributed by atoms with van der Waals surface area (Å²) in [4.78, 5) is 37.3. The highest BCUT2D eigenvalue weighted by atomic mass is 32.1. The second kappa shape index (κ2) is 7.21. The molecule has 0 radical (unpaired) electrons. The summed E-state index contributed by atoms with van der Waals surface area (Å²) in [5, 5.41) is 9.99. The van der Waals surface area contributed by atoms with Crippen LogP contribution < -0.4 is 5.56 Å². The van der Waals surface area contributed by atoms with Crippen molar-refractivity contribution in [3.05, 3.63) is 56.5 Å². The predicted octanol–water partition coefficient (Wildman–Crippen LogP) is 2.13. The molecule has 0 saturated carbocycles. The Kier molecular flexibility index (Phi) is 4.75. The molecule has 1 N–H and O–H groups in total. The number of para-hydroxylation sites is 1. The van der Waals surface area contributed by atoms with Gasteiger partial charge in [0.25, 0.3) is 11.5 Å². The summed E-state index contributed by atoms with van der Waals surface area (Å²) in [6.07, 6.45) is 1.58. The topological polar surface area (TPSA) is 88.3 Å². The van der Waals surface area contributed by atoms with E-state index in [2.05, 4.69) is 4.98 Å². The number of rotatable bonds is 4. The van der Waals surface area contributed by atoms with Crippen molar-refractivity contribution in [3.8, 4) is 0 Å². The Morgan fingerprint density at radius 2 is 2.19 bits per heavy atom. The normalized spacial score (nSPS) is 17.0. The zero-order chi connectivity index (χ0) is 19.0. The largest absolute Gasteiger partial charge is 0.395 e. The van der Waals surface area contributed by atoms with Gasteiger partial charge in [-0.15, -0.1) is 11.3 Å². The molecule has 8 heteroatoms.